The first-order valence-corrected chi connectivity index (χ1v) is 11.8. The number of carbonyl (C=O) groups is 2. The van der Waals surface area contributed by atoms with Crippen molar-refractivity contribution in [1.82, 2.24) is 9.47 Å². The first kappa shape index (κ1) is 22.8. The van der Waals surface area contributed by atoms with E-state index in [4.69, 9.17) is 23.2 Å². The Morgan fingerprint density at radius 3 is 2.69 bits per heavy atom. The van der Waals surface area contributed by atoms with Crippen molar-refractivity contribution in [1.29, 1.82) is 0 Å². The molecule has 4 rings (SSSR count). The number of aliphatic carboxylic acids is 1. The van der Waals surface area contributed by atoms with E-state index < -0.39 is 11.9 Å². The summed E-state index contributed by atoms with van der Waals surface area (Å²) >= 11 is 14.6. The summed E-state index contributed by atoms with van der Waals surface area (Å²) in [6, 6.07) is 11.8. The molecular weight excluding hydrogens is 467 g/mol. The fraction of sp³-hybridized carbons (Fsp3) is 0.250. The lowest BCUT2D eigenvalue weighted by molar-refractivity contribution is -0.144. The van der Waals surface area contributed by atoms with Crippen LogP contribution in [0.25, 0.3) is 16.5 Å². The van der Waals surface area contributed by atoms with Crippen LogP contribution < -0.4 is 0 Å². The summed E-state index contributed by atoms with van der Waals surface area (Å²) < 4.78 is 2.06. The number of fused-ring (bicyclic) bond motifs is 1. The second-order valence-corrected chi connectivity index (χ2v) is 9.77. The summed E-state index contributed by atoms with van der Waals surface area (Å²) in [5, 5.41) is 11.0. The topological polar surface area (TPSA) is 62.5 Å². The van der Waals surface area contributed by atoms with Crippen LogP contribution in [0.5, 0.6) is 0 Å². The highest BCUT2D eigenvalue weighted by Crippen LogP contribution is 2.41. The number of piperidine rings is 1. The molecule has 0 aliphatic carbocycles. The van der Waals surface area contributed by atoms with Gasteiger partial charge in [0.1, 0.15) is 0 Å². The molecule has 32 heavy (non-hydrogen) atoms. The maximum absolute atomic E-state index is 13.0. The van der Waals surface area contributed by atoms with Crippen LogP contribution in [-0.4, -0.2) is 39.5 Å². The number of halogens is 2. The van der Waals surface area contributed by atoms with Gasteiger partial charge in [-0.15, -0.1) is 0 Å². The first-order valence-electron chi connectivity index (χ1n) is 10.2. The Morgan fingerprint density at radius 2 is 1.94 bits per heavy atom. The molecule has 1 aliphatic rings. The van der Waals surface area contributed by atoms with Crippen molar-refractivity contribution < 1.29 is 14.7 Å². The molecule has 2 aromatic carbocycles. The van der Waals surface area contributed by atoms with Crippen molar-refractivity contribution in [2.24, 2.45) is 13.0 Å². The maximum Gasteiger partial charge on any atom is 0.308 e. The molecule has 166 valence electrons. The lowest BCUT2D eigenvalue weighted by atomic mass is 9.97. The number of hydrogen-bond donors (Lipinski definition) is 1. The summed E-state index contributed by atoms with van der Waals surface area (Å²) in [7, 11) is 2.00. The van der Waals surface area contributed by atoms with Crippen LogP contribution in [0.3, 0.4) is 0 Å². The molecule has 3 aromatic rings. The van der Waals surface area contributed by atoms with Crippen LogP contribution in [0.2, 0.25) is 10.0 Å². The first-order chi connectivity index (χ1) is 15.3. The van der Waals surface area contributed by atoms with Gasteiger partial charge in [-0.05, 0) is 43.2 Å². The number of aryl methyl sites for hydroxylation is 1. The standard InChI is InChI=1S/C24H22Cl2N2O3S/c1-14(23(29)28-10-3-4-16(13-28)24(30)31)18-6-8-20(22(26)21(18)25)32-17-5-7-19-15(12-17)9-11-27(19)2/h5-9,11-12,16H,1,3-4,10,13H2,2H3,(H,30,31). The van der Waals surface area contributed by atoms with E-state index in [-0.39, 0.29) is 23.0 Å². The Bertz CT molecular complexity index is 1240. The number of carboxylic acid groups (broad SMARTS) is 1. The van der Waals surface area contributed by atoms with Gasteiger partial charge < -0.3 is 14.6 Å². The third kappa shape index (κ3) is 4.40. The van der Waals surface area contributed by atoms with Gasteiger partial charge >= 0.3 is 5.97 Å². The van der Waals surface area contributed by atoms with Crippen LogP contribution in [0.1, 0.15) is 18.4 Å². The summed E-state index contributed by atoms with van der Waals surface area (Å²) in [5.74, 6) is -1.76. The number of carboxylic acids is 1. The molecule has 0 radical (unpaired) electrons. The largest absolute Gasteiger partial charge is 0.481 e. The lowest BCUT2D eigenvalue weighted by Gasteiger charge is -2.31. The number of amides is 1. The van der Waals surface area contributed by atoms with E-state index in [1.54, 1.807) is 6.07 Å². The van der Waals surface area contributed by atoms with Gasteiger partial charge in [0.15, 0.2) is 0 Å². The average Bonchev–Trinajstić information content (AvgIpc) is 3.16. The average molecular weight is 489 g/mol. The smallest absolute Gasteiger partial charge is 0.308 e. The van der Waals surface area contributed by atoms with Gasteiger partial charge in [0.2, 0.25) is 0 Å². The number of hydrogen-bond acceptors (Lipinski definition) is 3. The minimum atomic E-state index is -0.885. The maximum atomic E-state index is 13.0. The molecular formula is C24H22Cl2N2O3S. The molecule has 1 aliphatic heterocycles. The zero-order valence-electron chi connectivity index (χ0n) is 17.5. The van der Waals surface area contributed by atoms with Crippen molar-refractivity contribution in [3.8, 4) is 0 Å². The van der Waals surface area contributed by atoms with E-state index in [1.807, 2.05) is 25.4 Å². The Balaban J connectivity index is 1.54. The monoisotopic (exact) mass is 488 g/mol. The minimum Gasteiger partial charge on any atom is -0.481 e. The van der Waals surface area contributed by atoms with Crippen molar-refractivity contribution >= 4 is 63.3 Å². The number of aromatic nitrogens is 1. The number of nitrogens with zero attached hydrogens (tertiary/aromatic N) is 2. The number of benzene rings is 2. The van der Waals surface area contributed by atoms with E-state index in [2.05, 4.69) is 29.3 Å². The lowest BCUT2D eigenvalue weighted by Crippen LogP contribution is -2.42. The molecule has 5 nitrogen and oxygen atoms in total. The highest BCUT2D eigenvalue weighted by atomic mass is 35.5. The molecule has 1 aromatic heterocycles. The summed E-state index contributed by atoms with van der Waals surface area (Å²) in [6.07, 6.45) is 3.23. The highest BCUT2D eigenvalue weighted by molar-refractivity contribution is 7.99. The molecule has 1 unspecified atom stereocenters. The van der Waals surface area contributed by atoms with Gasteiger partial charge in [-0.1, -0.05) is 47.6 Å². The summed E-state index contributed by atoms with van der Waals surface area (Å²) in [5.41, 5.74) is 1.82. The van der Waals surface area contributed by atoms with E-state index in [0.717, 1.165) is 20.7 Å². The van der Waals surface area contributed by atoms with Crippen LogP contribution in [0.15, 0.2) is 59.0 Å². The fourth-order valence-corrected chi connectivity index (χ4v) is 5.48. The Hall–Kier alpha value is -2.41. The normalized spacial score (nSPS) is 16.3. The fourth-order valence-electron chi connectivity index (χ4n) is 3.96. The van der Waals surface area contributed by atoms with Crippen molar-refractivity contribution in [2.75, 3.05) is 13.1 Å². The van der Waals surface area contributed by atoms with Gasteiger partial charge in [0, 0.05) is 58.2 Å². The third-order valence-corrected chi connectivity index (χ3v) is 7.82. The number of rotatable bonds is 5. The quantitative estimate of drug-likeness (QED) is 0.449. The second-order valence-electron chi connectivity index (χ2n) is 7.90. The molecule has 0 bridgehead atoms. The number of likely N-dealkylation sites (tertiary alicyclic amines) is 1. The number of carbonyl (C=O) groups excluding carboxylic acids is 1. The van der Waals surface area contributed by atoms with E-state index in [0.29, 0.717) is 30.0 Å². The summed E-state index contributed by atoms with van der Waals surface area (Å²) in [6.45, 7) is 4.61. The molecule has 1 N–H and O–H groups in total. The van der Waals surface area contributed by atoms with Crippen LogP contribution >= 0.6 is 35.0 Å². The molecule has 1 amide bonds. The third-order valence-electron chi connectivity index (χ3n) is 5.77. The Morgan fingerprint density at radius 1 is 1.16 bits per heavy atom. The van der Waals surface area contributed by atoms with Gasteiger partial charge in [-0.2, -0.15) is 0 Å². The Kier molecular flexibility index (Phi) is 6.56. The predicted molar refractivity (Wildman–Crippen MR) is 129 cm³/mol. The van der Waals surface area contributed by atoms with E-state index in [1.165, 1.54) is 16.7 Å². The van der Waals surface area contributed by atoms with Crippen LogP contribution in [-0.2, 0) is 16.6 Å². The van der Waals surface area contributed by atoms with Gasteiger partial charge in [-0.25, -0.2) is 0 Å². The van der Waals surface area contributed by atoms with E-state index >= 15 is 0 Å². The summed E-state index contributed by atoms with van der Waals surface area (Å²) in [4.78, 5) is 27.6. The van der Waals surface area contributed by atoms with Crippen LogP contribution in [0, 0.1) is 5.92 Å². The molecule has 0 saturated carbocycles. The zero-order chi connectivity index (χ0) is 23.0. The predicted octanol–water partition coefficient (Wildman–Crippen LogP) is 5.97. The van der Waals surface area contributed by atoms with Gasteiger partial charge in [-0.3, -0.25) is 9.59 Å². The molecule has 0 spiro atoms. The molecule has 1 saturated heterocycles. The van der Waals surface area contributed by atoms with E-state index in [9.17, 15) is 14.7 Å². The molecule has 1 fully saturated rings. The Labute approximate surface area is 200 Å². The SMILES string of the molecule is C=C(C(=O)N1CCCC(C(=O)O)C1)c1ccc(Sc2ccc3c(ccn3C)c2)c(Cl)c1Cl. The second kappa shape index (κ2) is 9.22. The van der Waals surface area contributed by atoms with Gasteiger partial charge in [0.05, 0.1) is 16.0 Å². The van der Waals surface area contributed by atoms with Crippen molar-refractivity contribution in [2.45, 2.75) is 22.6 Å². The van der Waals surface area contributed by atoms with Crippen molar-refractivity contribution in [3.63, 3.8) is 0 Å². The zero-order valence-corrected chi connectivity index (χ0v) is 19.8. The minimum absolute atomic E-state index is 0.175. The van der Waals surface area contributed by atoms with Crippen molar-refractivity contribution in [3.05, 3.63) is 64.8 Å². The highest BCUT2D eigenvalue weighted by Gasteiger charge is 2.30. The molecule has 1 atom stereocenters. The van der Waals surface area contributed by atoms with Crippen LogP contribution in [0.4, 0.5) is 0 Å². The van der Waals surface area contributed by atoms with Gasteiger partial charge in [0.25, 0.3) is 5.91 Å². The molecule has 2 heterocycles. The molecule has 8 heteroatoms.